The van der Waals surface area contributed by atoms with Gasteiger partial charge in [0.2, 0.25) is 5.88 Å². The number of imidazole rings is 1. The van der Waals surface area contributed by atoms with E-state index < -0.39 is 11.5 Å². The smallest absolute Gasteiger partial charge is 0.332 e. The molecule has 0 saturated heterocycles. The second-order valence-corrected chi connectivity index (χ2v) is 5.38. The minimum absolute atomic E-state index is 0.0239. The van der Waals surface area contributed by atoms with Gasteiger partial charge in [0.15, 0.2) is 17.0 Å². The molecular formula is C17H14FN5O3. The van der Waals surface area contributed by atoms with Crippen molar-refractivity contribution in [3.05, 3.63) is 47.0 Å². The number of nitrogens with zero attached hydrogens (tertiary/aromatic N) is 4. The van der Waals surface area contributed by atoms with Crippen molar-refractivity contribution >= 4 is 22.1 Å². The lowest BCUT2D eigenvalue weighted by atomic mass is 10.1. The minimum atomic E-state index is -0.637. The predicted octanol–water partition coefficient (Wildman–Crippen LogP) is 2.20. The number of H-pyrrole nitrogens is 1. The van der Waals surface area contributed by atoms with Gasteiger partial charge in [-0.25, -0.2) is 14.2 Å². The number of aromatic amines is 1. The van der Waals surface area contributed by atoms with Crippen LogP contribution >= 0.6 is 0 Å². The molecule has 26 heavy (non-hydrogen) atoms. The van der Waals surface area contributed by atoms with Crippen LogP contribution in [0.1, 0.15) is 6.92 Å². The van der Waals surface area contributed by atoms with E-state index in [-0.39, 0.29) is 28.1 Å². The zero-order chi connectivity index (χ0) is 18.3. The van der Waals surface area contributed by atoms with Crippen LogP contribution < -0.4 is 15.2 Å². The van der Waals surface area contributed by atoms with Gasteiger partial charge in [0, 0.05) is 6.20 Å². The van der Waals surface area contributed by atoms with Gasteiger partial charge in [-0.1, -0.05) is 0 Å². The lowest BCUT2D eigenvalue weighted by Crippen LogP contribution is -2.16. The van der Waals surface area contributed by atoms with Crippen LogP contribution in [0.3, 0.4) is 0 Å². The van der Waals surface area contributed by atoms with Gasteiger partial charge in [0.1, 0.15) is 12.1 Å². The first kappa shape index (κ1) is 16.0. The number of hydrogen-bond donors (Lipinski definition) is 1. The summed E-state index contributed by atoms with van der Waals surface area (Å²) >= 11 is 0. The first-order chi connectivity index (χ1) is 12.7. The number of pyridine rings is 1. The average Bonchev–Trinajstić information content (AvgIpc) is 2.98. The molecule has 0 saturated carbocycles. The van der Waals surface area contributed by atoms with E-state index in [0.29, 0.717) is 17.9 Å². The summed E-state index contributed by atoms with van der Waals surface area (Å²) in [6.45, 7) is 2.12. The summed E-state index contributed by atoms with van der Waals surface area (Å²) in [5.41, 5.74) is 0.407. The highest BCUT2D eigenvalue weighted by atomic mass is 19.1. The Morgan fingerprint density at radius 1 is 1.23 bits per heavy atom. The quantitative estimate of drug-likeness (QED) is 0.603. The van der Waals surface area contributed by atoms with Crippen LogP contribution in [0, 0.1) is 5.82 Å². The Balaban J connectivity index is 2.09. The lowest BCUT2D eigenvalue weighted by Gasteiger charge is -2.11. The molecule has 4 aromatic rings. The largest absolute Gasteiger partial charge is 0.496 e. The fourth-order valence-electron chi connectivity index (χ4n) is 2.89. The van der Waals surface area contributed by atoms with Gasteiger partial charge >= 0.3 is 5.69 Å². The third-order valence-electron chi connectivity index (χ3n) is 3.97. The van der Waals surface area contributed by atoms with E-state index >= 15 is 4.39 Å². The van der Waals surface area contributed by atoms with Crippen LogP contribution in [-0.2, 0) is 0 Å². The van der Waals surface area contributed by atoms with E-state index in [0.717, 1.165) is 4.57 Å². The maximum absolute atomic E-state index is 15.3. The van der Waals surface area contributed by atoms with Gasteiger partial charge in [-0.3, -0.25) is 14.5 Å². The summed E-state index contributed by atoms with van der Waals surface area (Å²) in [4.78, 5) is 27.3. The number of aromatic nitrogens is 5. The number of benzene rings is 1. The molecule has 132 valence electrons. The van der Waals surface area contributed by atoms with E-state index in [1.807, 2.05) is 0 Å². The topological polar surface area (TPSA) is 94.9 Å². The number of fused-ring (bicyclic) bond motifs is 2. The third-order valence-corrected chi connectivity index (χ3v) is 3.97. The number of ether oxygens (including phenoxy) is 2. The second-order valence-electron chi connectivity index (χ2n) is 5.38. The zero-order valence-electron chi connectivity index (χ0n) is 14.0. The molecular weight excluding hydrogens is 341 g/mol. The normalized spacial score (nSPS) is 11.2. The Bertz CT molecular complexity index is 1180. The van der Waals surface area contributed by atoms with Crippen molar-refractivity contribution in [2.24, 2.45) is 0 Å². The van der Waals surface area contributed by atoms with Crippen molar-refractivity contribution in [3.63, 3.8) is 0 Å². The minimum Gasteiger partial charge on any atom is -0.496 e. The molecule has 4 rings (SSSR count). The van der Waals surface area contributed by atoms with Gasteiger partial charge < -0.3 is 9.47 Å². The predicted molar refractivity (Wildman–Crippen MR) is 92.5 cm³/mol. The van der Waals surface area contributed by atoms with Crippen molar-refractivity contribution in [2.45, 2.75) is 6.92 Å². The molecule has 0 aliphatic rings. The first-order valence-corrected chi connectivity index (χ1v) is 7.85. The maximum atomic E-state index is 15.3. The standard InChI is InChI=1S/C17H14FN5O3/c1-3-26-16-14-15(20-8-21-16)22-17(24)23(14)10-5-4-9-12(13(10)18)11(25-2)6-7-19-9/h4-8H,3H2,1-2H3,(H,20,21,22,24). The summed E-state index contributed by atoms with van der Waals surface area (Å²) in [5.74, 6) is -0.126. The van der Waals surface area contributed by atoms with Crippen LogP contribution in [0.5, 0.6) is 11.6 Å². The van der Waals surface area contributed by atoms with Crippen molar-refractivity contribution in [1.29, 1.82) is 0 Å². The Kier molecular flexibility index (Phi) is 3.76. The number of rotatable bonds is 4. The summed E-state index contributed by atoms with van der Waals surface area (Å²) < 4.78 is 27.2. The molecule has 3 heterocycles. The van der Waals surface area contributed by atoms with E-state index in [1.54, 1.807) is 19.1 Å². The Morgan fingerprint density at radius 2 is 2.08 bits per heavy atom. The van der Waals surface area contributed by atoms with Gasteiger partial charge in [-0.15, -0.1) is 0 Å². The molecule has 0 bridgehead atoms. The summed E-state index contributed by atoms with van der Waals surface area (Å²) in [6.07, 6.45) is 2.80. The molecule has 0 aliphatic carbocycles. The monoisotopic (exact) mass is 355 g/mol. The molecule has 0 spiro atoms. The maximum Gasteiger partial charge on any atom is 0.332 e. The molecule has 1 aromatic carbocycles. The number of methoxy groups -OCH3 is 1. The summed E-state index contributed by atoms with van der Waals surface area (Å²) in [5, 5.41) is 0.184. The lowest BCUT2D eigenvalue weighted by molar-refractivity contribution is 0.329. The molecule has 0 atom stereocenters. The van der Waals surface area contributed by atoms with Crippen LogP contribution in [-0.4, -0.2) is 38.2 Å². The van der Waals surface area contributed by atoms with Gasteiger partial charge in [0.25, 0.3) is 0 Å². The molecule has 0 unspecified atom stereocenters. The van der Waals surface area contributed by atoms with Gasteiger partial charge in [0.05, 0.1) is 30.3 Å². The van der Waals surface area contributed by atoms with E-state index in [4.69, 9.17) is 9.47 Å². The molecule has 1 N–H and O–H groups in total. The number of hydrogen-bond acceptors (Lipinski definition) is 6. The average molecular weight is 355 g/mol. The van der Waals surface area contributed by atoms with E-state index in [2.05, 4.69) is 19.9 Å². The van der Waals surface area contributed by atoms with Gasteiger partial charge in [-0.05, 0) is 25.1 Å². The van der Waals surface area contributed by atoms with Crippen LogP contribution in [0.4, 0.5) is 4.39 Å². The van der Waals surface area contributed by atoms with Crippen molar-refractivity contribution in [2.75, 3.05) is 13.7 Å². The molecule has 0 fully saturated rings. The fourth-order valence-corrected chi connectivity index (χ4v) is 2.89. The Labute approximate surface area is 146 Å². The highest BCUT2D eigenvalue weighted by Crippen LogP contribution is 2.31. The Hall–Kier alpha value is -3.49. The van der Waals surface area contributed by atoms with Gasteiger partial charge in [-0.2, -0.15) is 4.98 Å². The van der Waals surface area contributed by atoms with Crippen LogP contribution in [0.25, 0.3) is 27.8 Å². The molecule has 0 amide bonds. The zero-order valence-corrected chi connectivity index (χ0v) is 14.0. The number of halogens is 1. The van der Waals surface area contributed by atoms with Crippen molar-refractivity contribution in [1.82, 2.24) is 24.5 Å². The Morgan fingerprint density at radius 3 is 2.85 bits per heavy atom. The molecule has 3 aromatic heterocycles. The first-order valence-electron chi connectivity index (χ1n) is 7.85. The van der Waals surface area contributed by atoms with Crippen LogP contribution in [0.15, 0.2) is 35.5 Å². The van der Waals surface area contributed by atoms with Crippen LogP contribution in [0.2, 0.25) is 0 Å². The summed E-state index contributed by atoms with van der Waals surface area (Å²) in [7, 11) is 1.44. The molecule has 8 nitrogen and oxygen atoms in total. The molecule has 0 aliphatic heterocycles. The molecule has 9 heteroatoms. The third kappa shape index (κ3) is 2.28. The highest BCUT2D eigenvalue weighted by Gasteiger charge is 2.21. The highest BCUT2D eigenvalue weighted by molar-refractivity contribution is 5.88. The number of nitrogens with one attached hydrogen (secondary N) is 1. The van der Waals surface area contributed by atoms with Crippen molar-refractivity contribution in [3.8, 4) is 17.3 Å². The van der Waals surface area contributed by atoms with E-state index in [1.165, 1.54) is 25.7 Å². The molecule has 0 radical (unpaired) electrons. The van der Waals surface area contributed by atoms with Crippen molar-refractivity contribution < 1.29 is 13.9 Å². The van der Waals surface area contributed by atoms with E-state index in [9.17, 15) is 4.79 Å². The second kappa shape index (κ2) is 6.10. The fraction of sp³-hybridized carbons (Fsp3) is 0.176. The summed E-state index contributed by atoms with van der Waals surface area (Å²) in [6, 6.07) is 4.65. The SMILES string of the molecule is CCOc1ncnc2[nH]c(=O)n(-c3ccc4nccc(OC)c4c3F)c12.